The molecule has 1 aromatic heterocycles. The molecule has 9 heteroatoms. The van der Waals surface area contributed by atoms with Crippen LogP contribution in [0.1, 0.15) is 31.0 Å². The van der Waals surface area contributed by atoms with Gasteiger partial charge in [0, 0.05) is 0 Å². The van der Waals surface area contributed by atoms with Crippen LogP contribution in [0, 0.1) is 0 Å². The van der Waals surface area contributed by atoms with E-state index in [0.717, 1.165) is 15.6 Å². The van der Waals surface area contributed by atoms with E-state index < -0.39 is 12.0 Å². The van der Waals surface area contributed by atoms with Gasteiger partial charge in [-0.15, -0.1) is 0 Å². The smallest absolute Gasteiger partial charge is 0.338 e. The van der Waals surface area contributed by atoms with Crippen LogP contribution >= 0.6 is 27.3 Å². The van der Waals surface area contributed by atoms with Crippen LogP contribution in [0.5, 0.6) is 11.5 Å². The summed E-state index contributed by atoms with van der Waals surface area (Å²) in [5.41, 5.74) is 2.24. The topological polar surface area (TPSA) is 79.1 Å². The first-order valence-corrected chi connectivity index (χ1v) is 12.2. The number of halogens is 1. The number of fused-ring (bicyclic) bond motifs is 1. The second-order valence-corrected chi connectivity index (χ2v) is 9.33. The molecule has 4 rings (SSSR count). The second-order valence-electron chi connectivity index (χ2n) is 7.47. The maximum absolute atomic E-state index is 13.6. The van der Waals surface area contributed by atoms with Crippen molar-refractivity contribution < 1.29 is 19.0 Å². The molecule has 0 radical (unpaired) electrons. The average Bonchev–Trinajstić information content (AvgIpc) is 3.12. The van der Waals surface area contributed by atoms with Crippen molar-refractivity contribution in [1.82, 2.24) is 4.57 Å². The molecular weight excluding hydrogens is 520 g/mol. The lowest BCUT2D eigenvalue weighted by atomic mass is 9.96. The minimum absolute atomic E-state index is 0.224. The number of thiazole rings is 1. The predicted octanol–water partition coefficient (Wildman–Crippen LogP) is 3.58. The summed E-state index contributed by atoms with van der Waals surface area (Å²) < 4.78 is 18.7. The first-order valence-electron chi connectivity index (χ1n) is 10.5. The summed E-state index contributed by atoms with van der Waals surface area (Å²) >= 11 is 4.76. The molecule has 0 aliphatic carbocycles. The number of aromatic nitrogens is 1. The molecule has 1 aliphatic heterocycles. The zero-order chi connectivity index (χ0) is 24.4. The van der Waals surface area contributed by atoms with Gasteiger partial charge in [0.05, 0.1) is 47.1 Å². The summed E-state index contributed by atoms with van der Waals surface area (Å²) in [6.45, 7) is 3.74. The SMILES string of the molecule is CCOC(=O)C1=C(C)N=c2s/c(=C\c3ccc(OC)c(Br)c3)c(=O)n2C1c1ccc(OC)cc1. The van der Waals surface area contributed by atoms with E-state index in [1.807, 2.05) is 36.4 Å². The fourth-order valence-electron chi connectivity index (χ4n) is 3.82. The summed E-state index contributed by atoms with van der Waals surface area (Å²) in [5, 5.41) is 0. The van der Waals surface area contributed by atoms with E-state index in [1.165, 1.54) is 11.3 Å². The number of benzene rings is 2. The van der Waals surface area contributed by atoms with Crippen LogP contribution in [0.25, 0.3) is 6.08 Å². The van der Waals surface area contributed by atoms with Crippen molar-refractivity contribution in [1.29, 1.82) is 0 Å². The summed E-state index contributed by atoms with van der Waals surface area (Å²) in [6.07, 6.45) is 1.81. The van der Waals surface area contributed by atoms with Crippen molar-refractivity contribution in [2.24, 2.45) is 4.99 Å². The van der Waals surface area contributed by atoms with Gasteiger partial charge in [-0.3, -0.25) is 9.36 Å². The monoisotopic (exact) mass is 542 g/mol. The van der Waals surface area contributed by atoms with Gasteiger partial charge in [0.15, 0.2) is 4.80 Å². The van der Waals surface area contributed by atoms with Gasteiger partial charge in [-0.05, 0) is 71.2 Å². The van der Waals surface area contributed by atoms with Crippen LogP contribution in [0.2, 0.25) is 0 Å². The van der Waals surface area contributed by atoms with E-state index in [9.17, 15) is 9.59 Å². The molecule has 34 heavy (non-hydrogen) atoms. The zero-order valence-corrected chi connectivity index (χ0v) is 21.5. The fraction of sp³-hybridized carbons (Fsp3) is 0.240. The molecule has 0 fully saturated rings. The van der Waals surface area contributed by atoms with Gasteiger partial charge in [0.25, 0.3) is 5.56 Å². The Bertz CT molecular complexity index is 1450. The van der Waals surface area contributed by atoms with Crippen molar-refractivity contribution in [3.05, 3.63) is 89.0 Å². The maximum atomic E-state index is 13.6. The number of rotatable bonds is 6. The number of nitrogens with zero attached hydrogens (tertiary/aromatic N) is 2. The molecule has 2 aromatic carbocycles. The first kappa shape index (κ1) is 24.0. The molecule has 0 spiro atoms. The summed E-state index contributed by atoms with van der Waals surface area (Å²) in [6, 6.07) is 12.2. The van der Waals surface area contributed by atoms with Gasteiger partial charge < -0.3 is 14.2 Å². The third-order valence-electron chi connectivity index (χ3n) is 5.42. The van der Waals surface area contributed by atoms with Gasteiger partial charge in [-0.1, -0.05) is 29.5 Å². The fourth-order valence-corrected chi connectivity index (χ4v) is 5.42. The van der Waals surface area contributed by atoms with Crippen molar-refractivity contribution in [3.8, 4) is 11.5 Å². The highest BCUT2D eigenvalue weighted by Gasteiger charge is 2.33. The number of carbonyl (C=O) groups is 1. The van der Waals surface area contributed by atoms with E-state index in [-0.39, 0.29) is 12.2 Å². The van der Waals surface area contributed by atoms with Gasteiger partial charge in [0.1, 0.15) is 11.5 Å². The summed E-state index contributed by atoms with van der Waals surface area (Å²) in [7, 11) is 3.18. The Kier molecular flexibility index (Phi) is 7.04. The van der Waals surface area contributed by atoms with E-state index in [0.29, 0.717) is 32.1 Å². The third-order valence-corrected chi connectivity index (χ3v) is 7.02. The maximum Gasteiger partial charge on any atom is 0.338 e. The Morgan fingerprint density at radius 1 is 1.18 bits per heavy atom. The Balaban J connectivity index is 1.92. The quantitative estimate of drug-likeness (QED) is 0.445. The summed E-state index contributed by atoms with van der Waals surface area (Å²) in [5.74, 6) is 0.894. The third kappa shape index (κ3) is 4.45. The molecule has 2 heterocycles. The normalized spacial score (nSPS) is 15.6. The van der Waals surface area contributed by atoms with E-state index in [4.69, 9.17) is 14.2 Å². The second kappa shape index (κ2) is 9.99. The molecule has 0 saturated heterocycles. The molecule has 1 atom stereocenters. The summed E-state index contributed by atoms with van der Waals surface area (Å²) in [4.78, 5) is 31.7. The lowest BCUT2D eigenvalue weighted by Crippen LogP contribution is -2.39. The highest BCUT2D eigenvalue weighted by atomic mass is 79.9. The highest BCUT2D eigenvalue weighted by molar-refractivity contribution is 9.10. The van der Waals surface area contributed by atoms with E-state index in [1.54, 1.807) is 44.8 Å². The number of hydrogen-bond donors (Lipinski definition) is 0. The Morgan fingerprint density at radius 2 is 1.91 bits per heavy atom. The zero-order valence-electron chi connectivity index (χ0n) is 19.1. The molecule has 0 bridgehead atoms. The van der Waals surface area contributed by atoms with Crippen LogP contribution in [-0.4, -0.2) is 31.4 Å². The van der Waals surface area contributed by atoms with Gasteiger partial charge >= 0.3 is 5.97 Å². The Hall–Kier alpha value is -3.17. The molecule has 7 nitrogen and oxygen atoms in total. The van der Waals surface area contributed by atoms with Gasteiger partial charge in [-0.25, -0.2) is 9.79 Å². The number of carbonyl (C=O) groups excluding carboxylic acids is 1. The van der Waals surface area contributed by atoms with Crippen LogP contribution in [0.4, 0.5) is 0 Å². The predicted molar refractivity (Wildman–Crippen MR) is 134 cm³/mol. The molecule has 0 N–H and O–H groups in total. The van der Waals surface area contributed by atoms with Crippen LogP contribution in [0.15, 0.2) is 68.0 Å². The number of hydrogen-bond acceptors (Lipinski definition) is 7. The van der Waals surface area contributed by atoms with Crippen molar-refractivity contribution >= 4 is 39.3 Å². The van der Waals surface area contributed by atoms with Crippen LogP contribution in [0.3, 0.4) is 0 Å². The molecular formula is C25H23BrN2O5S. The van der Waals surface area contributed by atoms with E-state index >= 15 is 0 Å². The number of allylic oxidation sites excluding steroid dienone is 1. The minimum Gasteiger partial charge on any atom is -0.497 e. The highest BCUT2D eigenvalue weighted by Crippen LogP contribution is 2.31. The van der Waals surface area contributed by atoms with Crippen LogP contribution in [-0.2, 0) is 9.53 Å². The number of esters is 1. The van der Waals surface area contributed by atoms with Crippen molar-refractivity contribution in [3.63, 3.8) is 0 Å². The molecule has 1 aliphatic rings. The van der Waals surface area contributed by atoms with Crippen molar-refractivity contribution in [2.75, 3.05) is 20.8 Å². The lowest BCUT2D eigenvalue weighted by molar-refractivity contribution is -0.139. The number of ether oxygens (including phenoxy) is 3. The van der Waals surface area contributed by atoms with Crippen LogP contribution < -0.4 is 24.4 Å². The first-order chi connectivity index (χ1) is 16.4. The van der Waals surface area contributed by atoms with E-state index in [2.05, 4.69) is 20.9 Å². The molecule has 176 valence electrons. The molecule has 0 saturated carbocycles. The minimum atomic E-state index is -0.661. The molecule has 3 aromatic rings. The standard InChI is InChI=1S/C25H23BrN2O5S/c1-5-33-24(30)21-14(2)27-25-28(22(21)16-7-9-17(31-3)10-8-16)23(29)20(34-25)13-15-6-11-19(32-4)18(26)12-15/h6-13,22H,5H2,1-4H3/b20-13-. The average molecular weight is 543 g/mol. The van der Waals surface area contributed by atoms with Gasteiger partial charge in [0.2, 0.25) is 0 Å². The Morgan fingerprint density at radius 3 is 2.53 bits per heavy atom. The largest absolute Gasteiger partial charge is 0.497 e. The Labute approximate surface area is 208 Å². The lowest BCUT2D eigenvalue weighted by Gasteiger charge is -2.24. The number of methoxy groups -OCH3 is 2. The molecule has 0 amide bonds. The van der Waals surface area contributed by atoms with Crippen molar-refractivity contribution in [2.45, 2.75) is 19.9 Å². The molecule has 1 unspecified atom stereocenters. The van der Waals surface area contributed by atoms with Gasteiger partial charge in [-0.2, -0.15) is 0 Å².